The number of aliphatic hydroxyl groups excluding tert-OH is 1. The quantitative estimate of drug-likeness (QED) is 0.342. The highest BCUT2D eigenvalue weighted by molar-refractivity contribution is 7.18. The number of fused-ring (bicyclic) bond motifs is 1. The van der Waals surface area contributed by atoms with E-state index < -0.39 is 17.8 Å². The topological polar surface area (TPSA) is 87.8 Å². The van der Waals surface area contributed by atoms with Gasteiger partial charge in [-0.2, -0.15) is 13.2 Å². The molecule has 38 heavy (non-hydrogen) atoms. The molecule has 12 heteroatoms. The van der Waals surface area contributed by atoms with Crippen LogP contribution >= 0.6 is 11.3 Å². The number of β-amino-alcohol motifs (C(OH)–C–C–N with tert-alkyl or cyclic N) is 1. The number of piperazine rings is 1. The lowest BCUT2D eigenvalue weighted by molar-refractivity contribution is -0.137. The molecule has 5 rings (SSSR count). The molecule has 0 amide bonds. The maximum atomic E-state index is 12.8. The Balaban J connectivity index is 1.09. The van der Waals surface area contributed by atoms with E-state index in [4.69, 9.17) is 9.15 Å². The summed E-state index contributed by atoms with van der Waals surface area (Å²) in [6.45, 7) is 7.43. The van der Waals surface area contributed by atoms with Gasteiger partial charge in [0.05, 0.1) is 27.3 Å². The predicted octanol–water partition coefficient (Wildman–Crippen LogP) is 4.62. The van der Waals surface area contributed by atoms with E-state index in [1.165, 1.54) is 12.1 Å². The molecule has 1 fully saturated rings. The van der Waals surface area contributed by atoms with Crippen molar-refractivity contribution in [2.75, 3.05) is 32.8 Å². The molecule has 0 radical (unpaired) electrons. The van der Waals surface area contributed by atoms with Gasteiger partial charge in [0.15, 0.2) is 0 Å². The fourth-order valence-corrected chi connectivity index (χ4v) is 5.35. The summed E-state index contributed by atoms with van der Waals surface area (Å²) >= 11 is 1.64. The van der Waals surface area contributed by atoms with E-state index in [-0.39, 0.29) is 18.5 Å². The van der Waals surface area contributed by atoms with Crippen LogP contribution in [0.2, 0.25) is 0 Å². The summed E-state index contributed by atoms with van der Waals surface area (Å²) in [6, 6.07) is 10.6. The number of aryl methyl sites for hydroxylation is 1. The zero-order valence-corrected chi connectivity index (χ0v) is 21.8. The number of nitrogens with zero attached hydrogens (tertiary/aromatic N) is 5. The number of alkyl halides is 3. The second kappa shape index (κ2) is 11.0. The van der Waals surface area contributed by atoms with Gasteiger partial charge in [-0.15, -0.1) is 21.5 Å². The van der Waals surface area contributed by atoms with Gasteiger partial charge in [-0.05, 0) is 50.2 Å². The van der Waals surface area contributed by atoms with Gasteiger partial charge in [0.25, 0.3) is 0 Å². The maximum absolute atomic E-state index is 12.8. The van der Waals surface area contributed by atoms with Crippen molar-refractivity contribution in [1.29, 1.82) is 0 Å². The Kier molecular flexibility index (Phi) is 7.66. The van der Waals surface area contributed by atoms with Gasteiger partial charge in [-0.25, -0.2) is 4.98 Å². The normalized spacial score (nSPS) is 18.2. The zero-order valence-electron chi connectivity index (χ0n) is 21.0. The highest BCUT2D eigenvalue weighted by atomic mass is 32.1. The third-order valence-corrected chi connectivity index (χ3v) is 7.44. The number of hydrogen-bond acceptors (Lipinski definition) is 9. The Morgan fingerprint density at radius 1 is 1.16 bits per heavy atom. The highest BCUT2D eigenvalue weighted by Crippen LogP contribution is 2.31. The molecule has 3 heterocycles. The summed E-state index contributed by atoms with van der Waals surface area (Å²) < 4.78 is 51.0. The lowest BCUT2D eigenvalue weighted by Crippen LogP contribution is -2.53. The van der Waals surface area contributed by atoms with Gasteiger partial charge < -0.3 is 14.3 Å². The van der Waals surface area contributed by atoms with E-state index >= 15 is 0 Å². The first-order valence-corrected chi connectivity index (χ1v) is 13.1. The molecule has 4 aromatic rings. The maximum Gasteiger partial charge on any atom is 0.416 e. The van der Waals surface area contributed by atoms with Crippen LogP contribution in [-0.4, -0.2) is 75.0 Å². The molecule has 1 N–H and O–H groups in total. The monoisotopic (exact) mass is 547 g/mol. The van der Waals surface area contributed by atoms with Crippen LogP contribution < -0.4 is 4.74 Å². The Labute approximate surface area is 221 Å². The number of thiazole rings is 1. The summed E-state index contributed by atoms with van der Waals surface area (Å²) in [5, 5.41) is 19.7. The Hall–Kier alpha value is -3.06. The fourth-order valence-electron chi connectivity index (χ4n) is 4.54. The molecule has 0 saturated carbocycles. The molecule has 0 unspecified atom stereocenters. The molecular weight excluding hydrogens is 519 g/mol. The molecule has 2 aromatic heterocycles. The molecule has 202 valence electrons. The molecule has 0 aliphatic carbocycles. The van der Waals surface area contributed by atoms with Gasteiger partial charge in [0, 0.05) is 43.9 Å². The van der Waals surface area contributed by atoms with E-state index in [2.05, 4.69) is 31.9 Å². The minimum Gasteiger partial charge on any atom is -0.491 e. The van der Waals surface area contributed by atoms with E-state index in [0.717, 1.165) is 47.0 Å². The largest absolute Gasteiger partial charge is 0.491 e. The third kappa shape index (κ3) is 6.32. The van der Waals surface area contributed by atoms with E-state index in [1.807, 2.05) is 25.1 Å². The lowest BCUT2D eigenvalue weighted by atomic mass is 10.1. The highest BCUT2D eigenvalue weighted by Gasteiger charge is 2.30. The molecule has 2 atom stereocenters. The van der Waals surface area contributed by atoms with Crippen molar-refractivity contribution in [3.8, 4) is 17.2 Å². The van der Waals surface area contributed by atoms with Crippen LogP contribution in [-0.2, 0) is 12.7 Å². The van der Waals surface area contributed by atoms with Crippen molar-refractivity contribution in [2.45, 2.75) is 38.7 Å². The summed E-state index contributed by atoms with van der Waals surface area (Å²) in [6.07, 6.45) is -5.03. The van der Waals surface area contributed by atoms with E-state index in [1.54, 1.807) is 11.3 Å². The van der Waals surface area contributed by atoms with Gasteiger partial charge in [-0.1, -0.05) is 0 Å². The molecule has 1 saturated heterocycles. The van der Waals surface area contributed by atoms with Gasteiger partial charge in [0.2, 0.25) is 11.8 Å². The van der Waals surface area contributed by atoms with Crippen molar-refractivity contribution in [1.82, 2.24) is 25.0 Å². The van der Waals surface area contributed by atoms with Crippen LogP contribution in [0.25, 0.3) is 21.7 Å². The van der Waals surface area contributed by atoms with Gasteiger partial charge in [-0.3, -0.25) is 9.80 Å². The van der Waals surface area contributed by atoms with Crippen molar-refractivity contribution in [3.63, 3.8) is 0 Å². The number of halogens is 3. The second-order valence-corrected chi connectivity index (χ2v) is 10.7. The van der Waals surface area contributed by atoms with Crippen LogP contribution in [0, 0.1) is 6.92 Å². The summed E-state index contributed by atoms with van der Waals surface area (Å²) in [5.41, 5.74) is 0.612. The number of benzene rings is 2. The standard InChI is InChI=1S/C26H28F3N5O3S/c1-16-12-33(14-24-31-32-25(37-24)18-3-5-19(6-4-18)26(27,28)29)9-10-34(16)13-20(35)15-36-21-7-8-23-22(11-21)30-17(2)38-23/h3-8,11,16,20,35H,9-10,12-15H2,1-2H3/t16-,20+/m0/s1. The summed E-state index contributed by atoms with van der Waals surface area (Å²) in [7, 11) is 0. The SMILES string of the molecule is Cc1nc2cc(OC[C@H](O)CN3CCN(Cc4nnc(-c5ccc(C(F)(F)F)cc5)o4)C[C@@H]3C)ccc2s1. The Morgan fingerprint density at radius 2 is 1.95 bits per heavy atom. The Bertz CT molecular complexity index is 1370. The third-order valence-electron chi connectivity index (χ3n) is 6.49. The number of aliphatic hydroxyl groups is 1. The average Bonchev–Trinajstić information content (AvgIpc) is 3.49. The first-order chi connectivity index (χ1) is 18.1. The predicted molar refractivity (Wildman–Crippen MR) is 137 cm³/mol. The molecular formula is C26H28F3N5O3S. The molecule has 1 aliphatic rings. The van der Waals surface area contributed by atoms with Crippen LogP contribution in [0.4, 0.5) is 13.2 Å². The van der Waals surface area contributed by atoms with Crippen LogP contribution in [0.5, 0.6) is 5.75 Å². The molecule has 8 nitrogen and oxygen atoms in total. The molecule has 2 aromatic carbocycles. The minimum absolute atomic E-state index is 0.185. The van der Waals surface area contributed by atoms with Crippen LogP contribution in [0.1, 0.15) is 23.4 Å². The Morgan fingerprint density at radius 3 is 2.68 bits per heavy atom. The summed E-state index contributed by atoms with van der Waals surface area (Å²) in [4.78, 5) is 8.88. The van der Waals surface area contributed by atoms with E-state index in [0.29, 0.717) is 30.3 Å². The minimum atomic E-state index is -4.39. The smallest absolute Gasteiger partial charge is 0.416 e. The molecule has 0 spiro atoms. The van der Waals surface area contributed by atoms with E-state index in [9.17, 15) is 18.3 Å². The first kappa shape index (κ1) is 26.5. The lowest BCUT2D eigenvalue weighted by Gasteiger charge is -2.40. The zero-order chi connectivity index (χ0) is 26.9. The number of hydrogen-bond donors (Lipinski definition) is 1. The first-order valence-electron chi connectivity index (χ1n) is 12.3. The van der Waals surface area contributed by atoms with Crippen molar-refractivity contribution in [2.24, 2.45) is 0 Å². The van der Waals surface area contributed by atoms with Crippen LogP contribution in [0.15, 0.2) is 46.9 Å². The van der Waals surface area contributed by atoms with Crippen LogP contribution in [0.3, 0.4) is 0 Å². The fraction of sp³-hybridized carbons (Fsp3) is 0.423. The average molecular weight is 548 g/mol. The van der Waals surface area contributed by atoms with Gasteiger partial charge >= 0.3 is 6.18 Å². The van der Waals surface area contributed by atoms with Gasteiger partial charge in [0.1, 0.15) is 18.5 Å². The van der Waals surface area contributed by atoms with Crippen molar-refractivity contribution < 1.29 is 27.4 Å². The molecule has 0 bridgehead atoms. The number of rotatable bonds is 8. The second-order valence-electron chi connectivity index (χ2n) is 9.48. The van der Waals surface area contributed by atoms with Crippen molar-refractivity contribution in [3.05, 3.63) is 58.9 Å². The van der Waals surface area contributed by atoms with Crippen molar-refractivity contribution >= 4 is 21.6 Å². The number of aromatic nitrogens is 3. The number of ether oxygens (including phenoxy) is 1. The summed E-state index contributed by atoms with van der Waals surface area (Å²) in [5.74, 6) is 1.28. The molecule has 1 aliphatic heterocycles.